The van der Waals surface area contributed by atoms with Gasteiger partial charge in [-0.2, -0.15) is 0 Å². The molecule has 0 radical (unpaired) electrons. The van der Waals surface area contributed by atoms with Gasteiger partial charge in [0.2, 0.25) is 0 Å². The summed E-state index contributed by atoms with van der Waals surface area (Å²) in [6.45, 7) is 4.74. The van der Waals surface area contributed by atoms with Crippen LogP contribution in [0.1, 0.15) is 25.0 Å². The molecular formula is C47H33NO. The molecule has 49 heavy (non-hydrogen) atoms. The zero-order chi connectivity index (χ0) is 32.7. The number of hydrogen-bond donors (Lipinski definition) is 0. The number of furan rings is 1. The smallest absolute Gasteiger partial charge is 0.159 e. The Bertz CT molecular complexity index is 2740. The van der Waals surface area contributed by atoms with E-state index in [2.05, 4.69) is 176 Å². The van der Waals surface area contributed by atoms with Gasteiger partial charge in [-0.15, -0.1) is 0 Å². The first-order valence-corrected chi connectivity index (χ1v) is 17.0. The van der Waals surface area contributed by atoms with Crippen LogP contribution in [-0.2, 0) is 5.41 Å². The van der Waals surface area contributed by atoms with Crippen LogP contribution in [0.3, 0.4) is 0 Å². The Morgan fingerprint density at radius 2 is 1.12 bits per heavy atom. The van der Waals surface area contributed by atoms with Gasteiger partial charge in [0.05, 0.1) is 11.4 Å². The van der Waals surface area contributed by atoms with E-state index in [0.29, 0.717) is 0 Å². The van der Waals surface area contributed by atoms with E-state index in [-0.39, 0.29) is 5.41 Å². The minimum atomic E-state index is -0.170. The molecule has 0 spiro atoms. The minimum Gasteiger partial charge on any atom is -0.454 e. The maximum atomic E-state index is 6.72. The number of benzene rings is 8. The fourth-order valence-electron chi connectivity index (χ4n) is 8.40. The highest BCUT2D eigenvalue weighted by Gasteiger charge is 2.39. The van der Waals surface area contributed by atoms with Crippen molar-refractivity contribution in [2.24, 2.45) is 0 Å². The SMILES string of the molecule is CC1(C)c2ccccc2-c2c(N(c3ccc(-c4cccc5ccccc45)cc3)c3cccc4c3oc3ccccc34)cc3ccccc3c21. The Balaban J connectivity index is 1.28. The van der Waals surface area contributed by atoms with Crippen molar-refractivity contribution in [3.8, 4) is 22.3 Å². The summed E-state index contributed by atoms with van der Waals surface area (Å²) >= 11 is 0. The van der Waals surface area contributed by atoms with Gasteiger partial charge in [0.1, 0.15) is 5.58 Å². The van der Waals surface area contributed by atoms with Gasteiger partial charge in [0, 0.05) is 27.4 Å². The van der Waals surface area contributed by atoms with Crippen LogP contribution in [0, 0.1) is 0 Å². The van der Waals surface area contributed by atoms with E-state index in [1.165, 1.54) is 54.9 Å². The van der Waals surface area contributed by atoms with Crippen LogP contribution >= 0.6 is 0 Å². The van der Waals surface area contributed by atoms with Gasteiger partial charge in [-0.1, -0.05) is 147 Å². The second-order valence-electron chi connectivity index (χ2n) is 13.7. The van der Waals surface area contributed by atoms with Gasteiger partial charge in [-0.05, 0) is 79.7 Å². The molecule has 0 amide bonds. The molecule has 0 bridgehead atoms. The van der Waals surface area contributed by atoms with Gasteiger partial charge in [0.25, 0.3) is 0 Å². The summed E-state index contributed by atoms with van der Waals surface area (Å²) in [5.41, 5.74) is 12.6. The van der Waals surface area contributed by atoms with E-state index in [4.69, 9.17) is 4.42 Å². The summed E-state index contributed by atoms with van der Waals surface area (Å²) < 4.78 is 6.72. The Kier molecular flexibility index (Phi) is 5.95. The van der Waals surface area contributed by atoms with Gasteiger partial charge in [0.15, 0.2) is 5.58 Å². The Labute approximate surface area is 285 Å². The molecule has 8 aromatic carbocycles. The van der Waals surface area contributed by atoms with Gasteiger partial charge in [-0.3, -0.25) is 0 Å². The Morgan fingerprint density at radius 3 is 1.98 bits per heavy atom. The van der Waals surface area contributed by atoms with Crippen molar-refractivity contribution in [2.75, 3.05) is 4.90 Å². The minimum absolute atomic E-state index is 0.170. The fraction of sp³-hybridized carbons (Fsp3) is 0.0638. The number of fused-ring (bicyclic) bond motifs is 9. The predicted octanol–water partition coefficient (Wildman–Crippen LogP) is 13.3. The molecule has 0 N–H and O–H groups in total. The van der Waals surface area contributed by atoms with Gasteiger partial charge in [-0.25, -0.2) is 0 Å². The second-order valence-corrected chi connectivity index (χ2v) is 13.7. The van der Waals surface area contributed by atoms with Crippen LogP contribution in [0.4, 0.5) is 17.1 Å². The lowest BCUT2D eigenvalue weighted by molar-refractivity contribution is 0.666. The van der Waals surface area contributed by atoms with Crippen molar-refractivity contribution in [1.82, 2.24) is 0 Å². The molecule has 0 aliphatic heterocycles. The molecule has 1 aromatic heterocycles. The summed E-state index contributed by atoms with van der Waals surface area (Å²) in [6, 6.07) is 59.3. The van der Waals surface area contributed by atoms with Crippen molar-refractivity contribution in [1.29, 1.82) is 0 Å². The van der Waals surface area contributed by atoms with Gasteiger partial charge >= 0.3 is 0 Å². The lowest BCUT2D eigenvalue weighted by Gasteiger charge is -2.30. The van der Waals surface area contributed by atoms with Crippen molar-refractivity contribution >= 4 is 60.5 Å². The van der Waals surface area contributed by atoms with Crippen molar-refractivity contribution in [3.63, 3.8) is 0 Å². The fourth-order valence-corrected chi connectivity index (χ4v) is 8.40. The molecule has 1 aliphatic rings. The van der Waals surface area contributed by atoms with E-state index in [0.717, 1.165) is 39.0 Å². The zero-order valence-electron chi connectivity index (χ0n) is 27.4. The first-order chi connectivity index (χ1) is 24.1. The van der Waals surface area contributed by atoms with E-state index in [1.807, 2.05) is 6.07 Å². The molecule has 232 valence electrons. The largest absolute Gasteiger partial charge is 0.454 e. The van der Waals surface area contributed by atoms with E-state index < -0.39 is 0 Å². The zero-order valence-corrected chi connectivity index (χ0v) is 27.4. The molecule has 1 heterocycles. The highest BCUT2D eigenvalue weighted by molar-refractivity contribution is 6.12. The molecule has 0 saturated heterocycles. The third-order valence-electron chi connectivity index (χ3n) is 10.6. The summed E-state index contributed by atoms with van der Waals surface area (Å²) in [4.78, 5) is 2.43. The highest BCUT2D eigenvalue weighted by Crippen LogP contribution is 2.57. The number of nitrogens with zero attached hydrogens (tertiary/aromatic N) is 1. The average Bonchev–Trinajstić information content (AvgIpc) is 3.65. The standard InChI is InChI=1S/C47H33NO/c1-47(2)40-22-9-7-19-39(40)44-42(29-32-14-4-6-17-36(32)45(44)47)48(41-23-12-21-38-37-18-8-10-24-43(37)49-46(38)41)33-27-25-31(26-28-33)35-20-11-15-30-13-3-5-16-34(30)35/h3-29H,1-2H3. The van der Waals surface area contributed by atoms with Crippen molar-refractivity contribution < 1.29 is 4.42 Å². The number of rotatable bonds is 4. The number of para-hydroxylation sites is 2. The third-order valence-corrected chi connectivity index (χ3v) is 10.6. The highest BCUT2D eigenvalue weighted by atomic mass is 16.3. The van der Waals surface area contributed by atoms with E-state index in [1.54, 1.807) is 0 Å². The first kappa shape index (κ1) is 27.9. The first-order valence-electron chi connectivity index (χ1n) is 17.0. The summed E-state index contributed by atoms with van der Waals surface area (Å²) in [5, 5.41) is 7.27. The summed E-state index contributed by atoms with van der Waals surface area (Å²) in [6.07, 6.45) is 0. The van der Waals surface area contributed by atoms with Crippen molar-refractivity contribution in [2.45, 2.75) is 19.3 Å². The lowest BCUT2D eigenvalue weighted by atomic mass is 9.80. The van der Waals surface area contributed by atoms with Crippen molar-refractivity contribution in [3.05, 3.63) is 175 Å². The number of hydrogen-bond acceptors (Lipinski definition) is 2. The molecule has 9 aromatic rings. The molecular weight excluding hydrogens is 595 g/mol. The molecule has 0 unspecified atom stereocenters. The average molecular weight is 628 g/mol. The van der Waals surface area contributed by atoms with Crippen LogP contribution in [-0.4, -0.2) is 0 Å². The van der Waals surface area contributed by atoms with Crippen LogP contribution in [0.15, 0.2) is 168 Å². The third kappa shape index (κ3) is 4.07. The maximum absolute atomic E-state index is 6.72. The normalized spacial score (nSPS) is 13.3. The summed E-state index contributed by atoms with van der Waals surface area (Å²) in [7, 11) is 0. The van der Waals surface area contributed by atoms with Crippen LogP contribution in [0.25, 0.3) is 65.7 Å². The molecule has 2 nitrogen and oxygen atoms in total. The maximum Gasteiger partial charge on any atom is 0.159 e. The summed E-state index contributed by atoms with van der Waals surface area (Å²) in [5.74, 6) is 0. The topological polar surface area (TPSA) is 16.4 Å². The predicted molar refractivity (Wildman–Crippen MR) is 206 cm³/mol. The quantitative estimate of drug-likeness (QED) is 0.193. The van der Waals surface area contributed by atoms with Crippen LogP contribution in [0.2, 0.25) is 0 Å². The molecule has 0 saturated carbocycles. The Hall–Kier alpha value is -6.12. The molecule has 0 fully saturated rings. The monoisotopic (exact) mass is 627 g/mol. The van der Waals surface area contributed by atoms with Gasteiger partial charge < -0.3 is 9.32 Å². The number of anilines is 3. The molecule has 2 heteroatoms. The molecule has 1 aliphatic carbocycles. The van der Waals surface area contributed by atoms with Crippen LogP contribution < -0.4 is 4.90 Å². The van der Waals surface area contributed by atoms with E-state index >= 15 is 0 Å². The van der Waals surface area contributed by atoms with E-state index in [9.17, 15) is 0 Å². The lowest BCUT2D eigenvalue weighted by Crippen LogP contribution is -2.17. The molecule has 10 rings (SSSR count). The Morgan fingerprint density at radius 1 is 0.490 bits per heavy atom. The molecule has 0 atom stereocenters. The second kappa shape index (κ2) is 10.4. The van der Waals surface area contributed by atoms with Crippen LogP contribution in [0.5, 0.6) is 0 Å².